The number of sulfonamides is 1. The maximum Gasteiger partial charge on any atom is 0.285 e. The standard InChI is InChI=1S/C21H22Cl2N4O3S/c1-21(2,3)25-19(28)10-11-27(24-13-14-8-9-15(22)12-17(14)23)20-16-6-4-5-7-18(16)31(29,30)26-20/h4-9,12-13H,10-11H2,1-3H3,(H,25,28)/b24-13-. The monoisotopic (exact) mass is 480 g/mol. The van der Waals surface area contributed by atoms with Crippen molar-refractivity contribution in [3.05, 3.63) is 63.6 Å². The van der Waals surface area contributed by atoms with Crippen molar-refractivity contribution in [2.45, 2.75) is 37.6 Å². The highest BCUT2D eigenvalue weighted by Gasteiger charge is 2.32. The molecule has 0 aliphatic carbocycles. The number of carbonyl (C=O) groups is 1. The summed E-state index contributed by atoms with van der Waals surface area (Å²) in [6.45, 7) is 5.76. The summed E-state index contributed by atoms with van der Waals surface area (Å²) in [5.41, 5.74) is 0.631. The van der Waals surface area contributed by atoms with Crippen LogP contribution in [0.5, 0.6) is 0 Å². The second-order valence-electron chi connectivity index (χ2n) is 7.97. The fraction of sp³-hybridized carbons (Fsp3) is 0.286. The lowest BCUT2D eigenvalue weighted by molar-refractivity contribution is -0.122. The zero-order chi connectivity index (χ0) is 22.8. The van der Waals surface area contributed by atoms with Crippen LogP contribution in [0, 0.1) is 0 Å². The number of halogens is 2. The summed E-state index contributed by atoms with van der Waals surface area (Å²) in [5, 5.41) is 9.56. The SMILES string of the molecule is CC(C)(C)NC(=O)CCN(/N=C\c1ccc(Cl)cc1Cl)C1=NS(=O)(=O)c2ccccc21. The number of hydrogen-bond acceptors (Lipinski definition) is 5. The van der Waals surface area contributed by atoms with Crippen molar-refractivity contribution in [2.24, 2.45) is 9.50 Å². The Hall–Kier alpha value is -2.42. The summed E-state index contributed by atoms with van der Waals surface area (Å²) in [6.07, 6.45) is 1.57. The first-order valence-corrected chi connectivity index (χ1v) is 11.7. The van der Waals surface area contributed by atoms with Gasteiger partial charge in [0.15, 0.2) is 5.84 Å². The van der Waals surface area contributed by atoms with E-state index in [2.05, 4.69) is 14.8 Å². The van der Waals surface area contributed by atoms with Gasteiger partial charge in [-0.05, 0) is 45.0 Å². The maximum absolute atomic E-state index is 12.5. The van der Waals surface area contributed by atoms with Gasteiger partial charge in [-0.15, -0.1) is 4.40 Å². The fourth-order valence-electron chi connectivity index (χ4n) is 2.92. The highest BCUT2D eigenvalue weighted by atomic mass is 35.5. The van der Waals surface area contributed by atoms with Crippen LogP contribution in [0.15, 0.2) is 56.9 Å². The number of fused-ring (bicyclic) bond motifs is 1. The van der Waals surface area contributed by atoms with E-state index in [1.807, 2.05) is 20.8 Å². The number of carbonyl (C=O) groups excluding carboxylic acids is 1. The number of benzene rings is 2. The quantitative estimate of drug-likeness (QED) is 0.515. The van der Waals surface area contributed by atoms with Crippen LogP contribution in [-0.2, 0) is 14.8 Å². The van der Waals surface area contributed by atoms with E-state index in [0.717, 1.165) is 0 Å². The van der Waals surface area contributed by atoms with Gasteiger partial charge < -0.3 is 5.32 Å². The van der Waals surface area contributed by atoms with Gasteiger partial charge in [0, 0.05) is 28.1 Å². The first kappa shape index (κ1) is 23.2. The van der Waals surface area contributed by atoms with E-state index in [1.165, 1.54) is 17.3 Å². The molecule has 0 spiro atoms. The van der Waals surface area contributed by atoms with Crippen LogP contribution in [0.25, 0.3) is 0 Å². The average molecular weight is 481 g/mol. The molecule has 0 aromatic heterocycles. The van der Waals surface area contributed by atoms with E-state index in [1.54, 1.807) is 36.4 Å². The lowest BCUT2D eigenvalue weighted by Gasteiger charge is -2.22. The van der Waals surface area contributed by atoms with Crippen LogP contribution < -0.4 is 5.32 Å². The number of hydrogen-bond donors (Lipinski definition) is 1. The van der Waals surface area contributed by atoms with Crippen LogP contribution in [-0.4, -0.2) is 43.5 Å². The molecule has 1 aliphatic rings. The number of rotatable bonds is 5. The van der Waals surface area contributed by atoms with Gasteiger partial charge in [0.25, 0.3) is 10.0 Å². The second kappa shape index (κ2) is 8.98. The molecule has 2 aromatic rings. The number of nitrogens with one attached hydrogen (secondary N) is 1. The third kappa shape index (κ3) is 5.84. The number of amidine groups is 1. The number of hydrazone groups is 1. The Morgan fingerprint density at radius 2 is 1.90 bits per heavy atom. The Balaban J connectivity index is 1.93. The molecule has 2 aromatic carbocycles. The zero-order valence-electron chi connectivity index (χ0n) is 17.3. The highest BCUT2D eigenvalue weighted by molar-refractivity contribution is 7.90. The summed E-state index contributed by atoms with van der Waals surface area (Å²) >= 11 is 12.2. The zero-order valence-corrected chi connectivity index (χ0v) is 19.6. The molecule has 0 fully saturated rings. The van der Waals surface area contributed by atoms with Crippen LogP contribution in [0.2, 0.25) is 10.0 Å². The van der Waals surface area contributed by atoms with Crippen molar-refractivity contribution in [2.75, 3.05) is 6.54 Å². The molecule has 0 saturated heterocycles. The van der Waals surface area contributed by atoms with Crippen LogP contribution in [0.3, 0.4) is 0 Å². The Morgan fingerprint density at radius 3 is 2.58 bits per heavy atom. The van der Waals surface area contributed by atoms with Crippen LogP contribution >= 0.6 is 23.2 Å². The van der Waals surface area contributed by atoms with E-state index < -0.39 is 10.0 Å². The predicted molar refractivity (Wildman–Crippen MR) is 123 cm³/mol. The van der Waals surface area contributed by atoms with E-state index in [4.69, 9.17) is 23.2 Å². The smallest absolute Gasteiger partial charge is 0.285 e. The van der Waals surface area contributed by atoms with Gasteiger partial charge >= 0.3 is 0 Å². The summed E-state index contributed by atoms with van der Waals surface area (Å²) in [5.74, 6) is -0.0348. The van der Waals surface area contributed by atoms with Gasteiger partial charge in [-0.1, -0.05) is 41.4 Å². The Labute approximate surface area is 191 Å². The summed E-state index contributed by atoms with van der Waals surface area (Å²) in [7, 11) is -3.84. The van der Waals surface area contributed by atoms with Crippen LogP contribution in [0.1, 0.15) is 38.3 Å². The summed E-state index contributed by atoms with van der Waals surface area (Å²) < 4.78 is 28.9. The average Bonchev–Trinajstić information content (AvgIpc) is 2.93. The molecule has 0 atom stereocenters. The van der Waals surface area contributed by atoms with Gasteiger partial charge in [0.1, 0.15) is 4.90 Å². The van der Waals surface area contributed by atoms with Gasteiger partial charge in [-0.3, -0.25) is 4.79 Å². The van der Waals surface area contributed by atoms with Gasteiger partial charge in [0.2, 0.25) is 5.91 Å². The Morgan fingerprint density at radius 1 is 1.19 bits per heavy atom. The highest BCUT2D eigenvalue weighted by Crippen LogP contribution is 2.28. The van der Waals surface area contributed by atoms with Crippen molar-refractivity contribution in [1.29, 1.82) is 0 Å². The molecule has 7 nitrogen and oxygen atoms in total. The van der Waals surface area contributed by atoms with Crippen molar-refractivity contribution >= 4 is 51.2 Å². The lowest BCUT2D eigenvalue weighted by Crippen LogP contribution is -2.42. The second-order valence-corrected chi connectivity index (χ2v) is 10.4. The van der Waals surface area contributed by atoms with Crippen molar-refractivity contribution in [3.8, 4) is 0 Å². The molecule has 3 rings (SSSR count). The molecule has 1 amide bonds. The lowest BCUT2D eigenvalue weighted by atomic mass is 10.1. The van der Waals surface area contributed by atoms with Crippen LogP contribution in [0.4, 0.5) is 0 Å². The first-order valence-electron chi connectivity index (χ1n) is 9.48. The molecule has 10 heteroatoms. The third-order valence-electron chi connectivity index (χ3n) is 4.22. The normalized spacial score (nSPS) is 14.9. The molecular weight excluding hydrogens is 459 g/mol. The van der Waals surface area contributed by atoms with E-state index in [0.29, 0.717) is 21.2 Å². The molecule has 0 radical (unpaired) electrons. The van der Waals surface area contributed by atoms with Crippen molar-refractivity contribution < 1.29 is 13.2 Å². The Kier molecular flexibility index (Phi) is 6.73. The van der Waals surface area contributed by atoms with Gasteiger partial charge in [-0.2, -0.15) is 13.5 Å². The van der Waals surface area contributed by atoms with E-state index >= 15 is 0 Å². The molecule has 1 heterocycles. The summed E-state index contributed by atoms with van der Waals surface area (Å²) in [6, 6.07) is 11.4. The molecule has 0 bridgehead atoms. The van der Waals surface area contributed by atoms with Crippen molar-refractivity contribution in [1.82, 2.24) is 10.3 Å². The number of nitrogens with zero attached hydrogens (tertiary/aromatic N) is 3. The van der Waals surface area contributed by atoms with E-state index in [-0.39, 0.29) is 35.1 Å². The molecular formula is C21H22Cl2N4O3S. The number of amides is 1. The fourth-order valence-corrected chi connectivity index (χ4v) is 4.58. The summed E-state index contributed by atoms with van der Waals surface area (Å²) in [4.78, 5) is 12.4. The molecule has 1 aliphatic heterocycles. The molecule has 164 valence electrons. The first-order chi connectivity index (χ1) is 14.5. The minimum Gasteiger partial charge on any atom is -0.351 e. The minimum atomic E-state index is -3.84. The topological polar surface area (TPSA) is 91.2 Å². The predicted octanol–water partition coefficient (Wildman–Crippen LogP) is 4.08. The third-order valence-corrected chi connectivity index (χ3v) is 6.11. The molecule has 0 unspecified atom stereocenters. The molecule has 0 saturated carbocycles. The molecule has 1 N–H and O–H groups in total. The molecule has 31 heavy (non-hydrogen) atoms. The Bertz CT molecular complexity index is 1170. The minimum absolute atomic E-state index is 0.0875. The van der Waals surface area contributed by atoms with Gasteiger partial charge in [-0.25, -0.2) is 5.01 Å². The van der Waals surface area contributed by atoms with E-state index in [9.17, 15) is 13.2 Å². The van der Waals surface area contributed by atoms with Crippen molar-refractivity contribution in [3.63, 3.8) is 0 Å². The van der Waals surface area contributed by atoms with Gasteiger partial charge in [0.05, 0.1) is 17.8 Å². The maximum atomic E-state index is 12.5. The largest absolute Gasteiger partial charge is 0.351 e.